The van der Waals surface area contributed by atoms with E-state index in [0.29, 0.717) is 19.3 Å². The van der Waals surface area contributed by atoms with E-state index >= 15 is 0 Å². The van der Waals surface area contributed by atoms with Crippen molar-refractivity contribution in [2.75, 3.05) is 13.2 Å². The van der Waals surface area contributed by atoms with Gasteiger partial charge in [-0.2, -0.15) is 0 Å². The highest BCUT2D eigenvalue weighted by atomic mass is 16.6. The molecule has 0 rings (SSSR count). The zero-order valence-corrected chi connectivity index (χ0v) is 38.9. The van der Waals surface area contributed by atoms with E-state index < -0.39 is 6.10 Å². The van der Waals surface area contributed by atoms with Gasteiger partial charge < -0.3 is 14.2 Å². The van der Waals surface area contributed by atoms with Gasteiger partial charge in [0.05, 0.1) is 0 Å². The topological polar surface area (TPSA) is 78.9 Å². The number of hydrogen-bond acceptors (Lipinski definition) is 6. The molecule has 0 amide bonds. The molecule has 0 spiro atoms. The summed E-state index contributed by atoms with van der Waals surface area (Å²) in [6, 6.07) is 0. The van der Waals surface area contributed by atoms with Crippen LogP contribution < -0.4 is 0 Å². The lowest BCUT2D eigenvalue weighted by atomic mass is 10.1. The summed E-state index contributed by atoms with van der Waals surface area (Å²) in [5, 5.41) is 0. The largest absolute Gasteiger partial charge is 0.462 e. The van der Waals surface area contributed by atoms with E-state index in [1.165, 1.54) is 96.3 Å². The monoisotopic (exact) mass is 835 g/mol. The maximum absolute atomic E-state index is 12.7. The molecule has 6 heteroatoms. The van der Waals surface area contributed by atoms with Gasteiger partial charge in [0.1, 0.15) is 13.2 Å². The standard InChI is InChI=1S/C54H90O6/c1-4-7-10-13-16-19-22-24-26-27-29-30-32-35-38-41-44-47-53(56)59-50-51(49-58-52(55)46-43-40-37-34-21-18-15-12-9-6-3)60-54(57)48-45-42-39-36-33-31-28-25-23-20-17-14-11-8-5-2/h16-17,19-20,24-26,28-30,33,35-36,38,51H,4-15,18,21-23,27,31-32,34,37,39-50H2,1-3H3/b19-16-,20-17-,26-24-,28-25-,30-29-,36-33-,38-35-/t51-/m1/s1. The molecule has 6 nitrogen and oxygen atoms in total. The Kier molecular flexibility index (Phi) is 45.5. The fourth-order valence-electron chi connectivity index (χ4n) is 6.38. The van der Waals surface area contributed by atoms with Crippen molar-refractivity contribution in [3.8, 4) is 0 Å². The lowest BCUT2D eigenvalue weighted by molar-refractivity contribution is -0.167. The van der Waals surface area contributed by atoms with Gasteiger partial charge >= 0.3 is 17.9 Å². The average molecular weight is 835 g/mol. The van der Waals surface area contributed by atoms with Gasteiger partial charge in [0.25, 0.3) is 0 Å². The SMILES string of the molecule is CCCCC/C=C\C/C=C\C/C=C\C/C=C\CCCC(=O)OC[C@@H](COC(=O)CCCCCCCCCCCC)OC(=O)CCCC/C=C\C/C=C\C/C=C\CCCCC. The molecule has 0 heterocycles. The normalized spacial score (nSPS) is 12.8. The molecule has 0 saturated heterocycles. The van der Waals surface area contributed by atoms with E-state index in [2.05, 4.69) is 106 Å². The van der Waals surface area contributed by atoms with Crippen LogP contribution in [0.5, 0.6) is 0 Å². The summed E-state index contributed by atoms with van der Waals surface area (Å²) in [7, 11) is 0. The van der Waals surface area contributed by atoms with E-state index in [1.807, 2.05) is 0 Å². The number of ether oxygens (including phenoxy) is 3. The maximum atomic E-state index is 12.7. The minimum Gasteiger partial charge on any atom is -0.462 e. The highest BCUT2D eigenvalue weighted by molar-refractivity contribution is 5.71. The lowest BCUT2D eigenvalue weighted by Gasteiger charge is -2.18. The number of carbonyl (C=O) groups excluding carboxylic acids is 3. The van der Waals surface area contributed by atoms with E-state index in [4.69, 9.17) is 14.2 Å². The summed E-state index contributed by atoms with van der Waals surface area (Å²) in [5.41, 5.74) is 0. The molecule has 0 bridgehead atoms. The Hall–Kier alpha value is -3.41. The fraction of sp³-hybridized carbons (Fsp3) is 0.685. The van der Waals surface area contributed by atoms with Gasteiger partial charge in [-0.05, 0) is 96.3 Å². The van der Waals surface area contributed by atoms with E-state index in [-0.39, 0.29) is 44.0 Å². The quantitative estimate of drug-likeness (QED) is 0.0263. The van der Waals surface area contributed by atoms with E-state index in [0.717, 1.165) is 70.6 Å². The second-order valence-electron chi connectivity index (χ2n) is 16.0. The Morgan fingerprint density at radius 3 is 1.03 bits per heavy atom. The average Bonchev–Trinajstić information content (AvgIpc) is 3.24. The van der Waals surface area contributed by atoms with Crippen LogP contribution in [0.2, 0.25) is 0 Å². The maximum Gasteiger partial charge on any atom is 0.306 e. The first-order valence-electron chi connectivity index (χ1n) is 24.6. The minimum absolute atomic E-state index is 0.108. The van der Waals surface area contributed by atoms with Gasteiger partial charge in [-0.3, -0.25) is 14.4 Å². The van der Waals surface area contributed by atoms with Crippen LogP contribution in [0.15, 0.2) is 85.1 Å². The number of hydrogen-bond donors (Lipinski definition) is 0. The summed E-state index contributed by atoms with van der Waals surface area (Å²) >= 11 is 0. The summed E-state index contributed by atoms with van der Waals surface area (Å²) in [4.78, 5) is 37.8. The fourth-order valence-corrected chi connectivity index (χ4v) is 6.38. The van der Waals surface area contributed by atoms with Gasteiger partial charge in [-0.25, -0.2) is 0 Å². The number of rotatable bonds is 43. The molecule has 0 aliphatic heterocycles. The smallest absolute Gasteiger partial charge is 0.306 e. The van der Waals surface area contributed by atoms with Crippen molar-refractivity contribution in [2.24, 2.45) is 0 Å². The summed E-state index contributed by atoms with van der Waals surface area (Å²) in [5.74, 6) is -1.01. The van der Waals surface area contributed by atoms with E-state index in [9.17, 15) is 14.4 Å². The first-order valence-corrected chi connectivity index (χ1v) is 24.6. The van der Waals surface area contributed by atoms with Gasteiger partial charge in [0.2, 0.25) is 0 Å². The molecule has 0 saturated carbocycles. The molecule has 0 fully saturated rings. The number of carbonyl (C=O) groups is 3. The van der Waals surface area contributed by atoms with Crippen LogP contribution >= 0.6 is 0 Å². The van der Waals surface area contributed by atoms with Crippen molar-refractivity contribution in [3.05, 3.63) is 85.1 Å². The summed E-state index contributed by atoms with van der Waals surface area (Å²) < 4.78 is 16.7. The number of allylic oxidation sites excluding steroid dienone is 14. The van der Waals surface area contributed by atoms with Crippen LogP contribution in [0.25, 0.3) is 0 Å². The lowest BCUT2D eigenvalue weighted by Crippen LogP contribution is -2.30. The Bertz CT molecular complexity index is 1190. The molecule has 0 aromatic heterocycles. The molecule has 342 valence electrons. The van der Waals surface area contributed by atoms with Crippen molar-refractivity contribution in [1.82, 2.24) is 0 Å². The molecule has 0 aliphatic carbocycles. The molecular formula is C54H90O6. The second kappa shape index (κ2) is 48.3. The third kappa shape index (κ3) is 45.7. The Morgan fingerprint density at radius 2 is 0.617 bits per heavy atom. The first kappa shape index (κ1) is 56.6. The van der Waals surface area contributed by atoms with Crippen LogP contribution in [-0.2, 0) is 28.6 Å². The molecule has 0 N–H and O–H groups in total. The summed E-state index contributed by atoms with van der Waals surface area (Å²) in [6.45, 7) is 6.47. The Morgan fingerprint density at radius 1 is 0.333 bits per heavy atom. The predicted octanol–water partition coefficient (Wildman–Crippen LogP) is 16.0. The molecule has 0 aromatic rings. The zero-order valence-electron chi connectivity index (χ0n) is 38.9. The molecule has 0 aromatic carbocycles. The first-order chi connectivity index (χ1) is 29.5. The van der Waals surface area contributed by atoms with Crippen LogP contribution in [0.3, 0.4) is 0 Å². The van der Waals surface area contributed by atoms with Gasteiger partial charge in [0, 0.05) is 19.3 Å². The molecule has 1 atom stereocenters. The van der Waals surface area contributed by atoms with Crippen molar-refractivity contribution in [2.45, 2.75) is 226 Å². The van der Waals surface area contributed by atoms with Gasteiger partial charge in [-0.1, -0.05) is 189 Å². The third-order valence-corrected chi connectivity index (χ3v) is 10.1. The van der Waals surface area contributed by atoms with Crippen molar-refractivity contribution < 1.29 is 28.6 Å². The van der Waals surface area contributed by atoms with Crippen molar-refractivity contribution in [1.29, 1.82) is 0 Å². The second-order valence-corrected chi connectivity index (χ2v) is 16.0. The van der Waals surface area contributed by atoms with Gasteiger partial charge in [-0.15, -0.1) is 0 Å². The van der Waals surface area contributed by atoms with E-state index in [1.54, 1.807) is 0 Å². The van der Waals surface area contributed by atoms with Crippen LogP contribution in [0.1, 0.15) is 220 Å². The highest BCUT2D eigenvalue weighted by Crippen LogP contribution is 2.13. The van der Waals surface area contributed by atoms with Gasteiger partial charge in [0.15, 0.2) is 6.10 Å². The molecular weight excluding hydrogens is 745 g/mol. The van der Waals surface area contributed by atoms with Crippen LogP contribution in [-0.4, -0.2) is 37.2 Å². The van der Waals surface area contributed by atoms with Crippen molar-refractivity contribution in [3.63, 3.8) is 0 Å². The molecule has 0 aliphatic rings. The Labute approximate surface area is 369 Å². The molecule has 0 radical (unpaired) electrons. The van der Waals surface area contributed by atoms with Crippen LogP contribution in [0.4, 0.5) is 0 Å². The minimum atomic E-state index is -0.815. The number of esters is 3. The Balaban J connectivity index is 4.53. The zero-order chi connectivity index (χ0) is 43.7. The predicted molar refractivity (Wildman–Crippen MR) is 256 cm³/mol. The van der Waals surface area contributed by atoms with Crippen LogP contribution in [0, 0.1) is 0 Å². The molecule has 0 unspecified atom stereocenters. The molecule has 60 heavy (non-hydrogen) atoms. The van der Waals surface area contributed by atoms with Crippen molar-refractivity contribution >= 4 is 17.9 Å². The summed E-state index contributed by atoms with van der Waals surface area (Å²) in [6.07, 6.45) is 61.4. The highest BCUT2D eigenvalue weighted by Gasteiger charge is 2.19. The third-order valence-electron chi connectivity index (χ3n) is 10.1. The number of unbranched alkanes of at least 4 members (excludes halogenated alkanes) is 18.